The summed E-state index contributed by atoms with van der Waals surface area (Å²) in [4.78, 5) is 11.5. The molecule has 78 valence electrons. The smallest absolute Gasteiger partial charge is 0.158 e. The van der Waals surface area contributed by atoms with Gasteiger partial charge in [0.15, 0.2) is 5.78 Å². The van der Waals surface area contributed by atoms with Crippen LogP contribution in [0.3, 0.4) is 0 Å². The molecule has 2 rings (SSSR count). The molecule has 0 radical (unpaired) electrons. The van der Waals surface area contributed by atoms with Crippen LogP contribution in [0, 0.1) is 5.92 Å². The average molecular weight is 193 g/mol. The number of allylic oxidation sites excluding steroid dienone is 1. The molecule has 2 atom stereocenters. The normalized spacial score (nSPS) is 35.6. The minimum Gasteiger partial charge on any atom is -0.311 e. The zero-order valence-electron chi connectivity index (χ0n) is 8.88. The lowest BCUT2D eigenvalue weighted by atomic mass is 9.87. The molecule has 2 bridgehead atoms. The van der Waals surface area contributed by atoms with Crippen LogP contribution >= 0.6 is 0 Å². The second kappa shape index (κ2) is 3.85. The fourth-order valence-electron chi connectivity index (χ4n) is 2.78. The van der Waals surface area contributed by atoms with Crippen molar-refractivity contribution in [2.24, 2.45) is 5.92 Å². The summed E-state index contributed by atoms with van der Waals surface area (Å²) in [7, 11) is 0. The van der Waals surface area contributed by atoms with Gasteiger partial charge in [0.1, 0.15) is 0 Å². The van der Waals surface area contributed by atoms with Gasteiger partial charge in [0.2, 0.25) is 0 Å². The molecule has 2 aliphatic heterocycles. The second-order valence-electron chi connectivity index (χ2n) is 4.88. The Morgan fingerprint density at radius 1 is 1.36 bits per heavy atom. The highest BCUT2D eigenvalue weighted by Gasteiger charge is 2.33. The molecule has 2 saturated heterocycles. The summed E-state index contributed by atoms with van der Waals surface area (Å²) in [6, 6.07) is 1.38. The summed E-state index contributed by atoms with van der Waals surface area (Å²) in [5.74, 6) is 0.870. The topological polar surface area (TPSA) is 29.1 Å². The van der Waals surface area contributed by atoms with E-state index < -0.39 is 0 Å². The first-order chi connectivity index (χ1) is 6.65. The highest BCUT2D eigenvalue weighted by molar-refractivity contribution is 5.94. The minimum atomic E-state index is 0.260. The Balaban J connectivity index is 1.88. The van der Waals surface area contributed by atoms with Gasteiger partial charge in [0.05, 0.1) is 0 Å². The van der Waals surface area contributed by atoms with E-state index in [2.05, 4.69) is 11.9 Å². The number of nitrogens with one attached hydrogen (secondary N) is 1. The number of rotatable bonds is 3. The van der Waals surface area contributed by atoms with E-state index in [0.29, 0.717) is 18.0 Å². The molecule has 0 aliphatic carbocycles. The number of hydrogen-bond donors (Lipinski definition) is 1. The molecule has 1 N–H and O–H groups in total. The van der Waals surface area contributed by atoms with Crippen LogP contribution < -0.4 is 5.32 Å². The summed E-state index contributed by atoms with van der Waals surface area (Å²) in [6.45, 7) is 5.53. The van der Waals surface area contributed by atoms with Crippen molar-refractivity contribution in [1.82, 2.24) is 5.32 Å². The van der Waals surface area contributed by atoms with Crippen molar-refractivity contribution >= 4 is 5.78 Å². The standard InChI is InChI=1S/C12H19NO/c1-8(2)12(14)7-9-5-10-3-4-11(6-9)13-10/h9-11,13H,1,3-7H2,2H3. The van der Waals surface area contributed by atoms with Crippen LogP contribution in [0.2, 0.25) is 0 Å². The van der Waals surface area contributed by atoms with Crippen molar-refractivity contribution in [3.63, 3.8) is 0 Å². The van der Waals surface area contributed by atoms with Gasteiger partial charge in [-0.3, -0.25) is 4.79 Å². The van der Waals surface area contributed by atoms with Crippen LogP contribution in [0.5, 0.6) is 0 Å². The van der Waals surface area contributed by atoms with E-state index in [0.717, 1.165) is 12.0 Å². The van der Waals surface area contributed by atoms with Crippen molar-refractivity contribution in [3.8, 4) is 0 Å². The summed E-state index contributed by atoms with van der Waals surface area (Å²) in [5.41, 5.74) is 0.718. The van der Waals surface area contributed by atoms with Crippen molar-refractivity contribution in [2.45, 2.75) is 51.1 Å². The summed E-state index contributed by atoms with van der Waals surface area (Å²) < 4.78 is 0. The molecule has 2 nitrogen and oxygen atoms in total. The third-order valence-electron chi connectivity index (χ3n) is 3.52. The Labute approximate surface area is 85.8 Å². The number of fused-ring (bicyclic) bond motifs is 2. The lowest BCUT2D eigenvalue weighted by Gasteiger charge is -2.28. The molecule has 0 saturated carbocycles. The molecule has 2 unspecified atom stereocenters. The van der Waals surface area contributed by atoms with Crippen LogP contribution in [0.15, 0.2) is 12.2 Å². The molecule has 14 heavy (non-hydrogen) atoms. The Hall–Kier alpha value is -0.630. The quantitative estimate of drug-likeness (QED) is 0.695. The highest BCUT2D eigenvalue weighted by atomic mass is 16.1. The molecule has 0 amide bonds. The predicted octanol–water partition coefficient (Wildman–Crippen LogP) is 2.05. The van der Waals surface area contributed by atoms with Crippen molar-refractivity contribution in [3.05, 3.63) is 12.2 Å². The average Bonchev–Trinajstić information content (AvgIpc) is 2.45. The maximum Gasteiger partial charge on any atom is 0.158 e. The zero-order chi connectivity index (χ0) is 10.1. The number of carbonyl (C=O) groups excluding carboxylic acids is 1. The van der Waals surface area contributed by atoms with Gasteiger partial charge < -0.3 is 5.32 Å². The fraction of sp³-hybridized carbons (Fsp3) is 0.750. The van der Waals surface area contributed by atoms with Crippen molar-refractivity contribution < 1.29 is 4.79 Å². The molecule has 2 fully saturated rings. The lowest BCUT2D eigenvalue weighted by Crippen LogP contribution is -2.38. The second-order valence-corrected chi connectivity index (χ2v) is 4.88. The number of Topliss-reactive ketones (excluding diaryl/α,β-unsaturated/α-hetero) is 1. The Morgan fingerprint density at radius 2 is 1.93 bits per heavy atom. The highest BCUT2D eigenvalue weighted by Crippen LogP contribution is 2.33. The monoisotopic (exact) mass is 193 g/mol. The Morgan fingerprint density at radius 3 is 2.43 bits per heavy atom. The number of carbonyl (C=O) groups is 1. The van der Waals surface area contributed by atoms with Crippen LogP contribution in [0.4, 0.5) is 0 Å². The van der Waals surface area contributed by atoms with Crippen LogP contribution in [-0.2, 0) is 4.79 Å². The third-order valence-corrected chi connectivity index (χ3v) is 3.52. The van der Waals surface area contributed by atoms with Gasteiger partial charge in [-0.05, 0) is 44.1 Å². The molecular formula is C12H19NO. The maximum atomic E-state index is 11.5. The first-order valence-electron chi connectivity index (χ1n) is 5.60. The largest absolute Gasteiger partial charge is 0.311 e. The molecule has 0 aromatic rings. The fourth-order valence-corrected chi connectivity index (χ4v) is 2.78. The van der Waals surface area contributed by atoms with E-state index in [1.54, 1.807) is 0 Å². The van der Waals surface area contributed by atoms with E-state index in [1.165, 1.54) is 25.7 Å². The van der Waals surface area contributed by atoms with Crippen LogP contribution in [-0.4, -0.2) is 17.9 Å². The molecular weight excluding hydrogens is 174 g/mol. The summed E-state index contributed by atoms with van der Waals surface area (Å²) in [5, 5.41) is 3.59. The van der Waals surface area contributed by atoms with E-state index >= 15 is 0 Å². The molecule has 0 aromatic heterocycles. The Bertz CT molecular complexity index is 247. The SMILES string of the molecule is C=C(C)C(=O)CC1CC2CCC(C1)N2. The Kier molecular flexibility index (Phi) is 2.73. The summed E-state index contributed by atoms with van der Waals surface area (Å²) >= 11 is 0. The first kappa shape index (κ1) is 9.91. The van der Waals surface area contributed by atoms with E-state index in [1.807, 2.05) is 6.92 Å². The van der Waals surface area contributed by atoms with Gasteiger partial charge in [0, 0.05) is 18.5 Å². The predicted molar refractivity (Wildman–Crippen MR) is 57.1 cm³/mol. The number of ketones is 1. The van der Waals surface area contributed by atoms with E-state index in [-0.39, 0.29) is 5.78 Å². The van der Waals surface area contributed by atoms with Gasteiger partial charge in [-0.15, -0.1) is 0 Å². The molecule has 2 aliphatic rings. The third kappa shape index (κ3) is 2.06. The molecule has 0 aromatic carbocycles. The van der Waals surface area contributed by atoms with E-state index in [9.17, 15) is 4.79 Å². The van der Waals surface area contributed by atoms with Gasteiger partial charge in [0.25, 0.3) is 0 Å². The molecule has 2 heteroatoms. The lowest BCUT2D eigenvalue weighted by molar-refractivity contribution is -0.116. The van der Waals surface area contributed by atoms with Crippen molar-refractivity contribution in [2.75, 3.05) is 0 Å². The van der Waals surface area contributed by atoms with Gasteiger partial charge in [-0.2, -0.15) is 0 Å². The first-order valence-corrected chi connectivity index (χ1v) is 5.60. The maximum absolute atomic E-state index is 11.5. The van der Waals surface area contributed by atoms with Gasteiger partial charge in [-0.25, -0.2) is 0 Å². The summed E-state index contributed by atoms with van der Waals surface area (Å²) in [6.07, 6.45) is 5.72. The van der Waals surface area contributed by atoms with Crippen LogP contribution in [0.25, 0.3) is 0 Å². The van der Waals surface area contributed by atoms with Crippen molar-refractivity contribution in [1.29, 1.82) is 0 Å². The molecule has 2 heterocycles. The van der Waals surface area contributed by atoms with Crippen LogP contribution in [0.1, 0.15) is 39.0 Å². The number of hydrogen-bond acceptors (Lipinski definition) is 2. The van der Waals surface area contributed by atoms with Gasteiger partial charge in [-0.1, -0.05) is 6.58 Å². The zero-order valence-corrected chi connectivity index (χ0v) is 8.88. The molecule has 0 spiro atoms. The van der Waals surface area contributed by atoms with Gasteiger partial charge >= 0.3 is 0 Å². The number of piperidine rings is 1. The minimum absolute atomic E-state index is 0.260. The van der Waals surface area contributed by atoms with E-state index in [4.69, 9.17) is 0 Å².